The fourth-order valence-electron chi connectivity index (χ4n) is 13.4. The van der Waals surface area contributed by atoms with E-state index < -0.39 is 103 Å². The summed E-state index contributed by atoms with van der Waals surface area (Å²) in [6.45, 7) is 73.8. The van der Waals surface area contributed by atoms with Crippen LogP contribution in [-0.4, -0.2) is 249 Å². The number of phosphoric ester groups is 3. The molecule has 36 heteroatoms. The van der Waals surface area contributed by atoms with Crippen molar-refractivity contribution in [1.82, 2.24) is 5.32 Å². The van der Waals surface area contributed by atoms with Gasteiger partial charge in [-0.15, -0.1) is 0 Å². The Hall–Kier alpha value is -5.26. The summed E-state index contributed by atoms with van der Waals surface area (Å²) < 4.78 is 69.2. The lowest BCUT2D eigenvalue weighted by atomic mass is 9.85. The molecule has 0 saturated heterocycles. The molecule has 2 aromatic rings. The van der Waals surface area contributed by atoms with Gasteiger partial charge in [0.05, 0.1) is 165 Å². The number of benzene rings is 3. The minimum Gasteiger partial charge on any atom is -0.790 e. The van der Waals surface area contributed by atoms with Crippen LogP contribution in [-0.2, 0) is 50.9 Å². The van der Waals surface area contributed by atoms with E-state index in [2.05, 4.69) is 164 Å². The van der Waals surface area contributed by atoms with Gasteiger partial charge in [-0.1, -0.05) is 57.9 Å². The monoisotopic (exact) mass is 1830 g/mol. The van der Waals surface area contributed by atoms with Gasteiger partial charge in [0, 0.05) is 53.6 Å². The molecule has 722 valence electrons. The number of fused-ring (bicyclic) bond motifs is 2. The second-order valence-electron chi connectivity index (χ2n) is 30.1. The summed E-state index contributed by atoms with van der Waals surface area (Å²) in [4.78, 5) is 133. The normalized spacial score (nSPS) is 16.4. The number of carboxylic acid groups (broad SMARTS) is 1. The molecule has 1 unspecified atom stereocenters. The van der Waals surface area contributed by atoms with Gasteiger partial charge in [-0.3, -0.25) is 23.7 Å². The molecule has 1 saturated carbocycles. The van der Waals surface area contributed by atoms with Gasteiger partial charge in [-0.05, 0) is 207 Å². The largest absolute Gasteiger partial charge is 0.790 e. The molecule has 1 amide bonds. The van der Waals surface area contributed by atoms with Crippen molar-refractivity contribution in [3.8, 4) is 28.2 Å². The van der Waals surface area contributed by atoms with Crippen molar-refractivity contribution in [3.63, 3.8) is 0 Å². The Kier molecular flexibility index (Phi) is 70.9. The van der Waals surface area contributed by atoms with Crippen LogP contribution in [0, 0.1) is 0 Å². The maximum absolute atomic E-state index is 13.1. The highest BCUT2D eigenvalue weighted by Gasteiger charge is 2.53. The number of aliphatic hydroxyl groups is 3. The molecule has 2 aliphatic carbocycles. The Bertz CT molecular complexity index is 3430. The molecule has 3 aliphatic rings. The van der Waals surface area contributed by atoms with Crippen LogP contribution >= 0.6 is 23.5 Å². The number of esters is 2. The minimum atomic E-state index is -6.20. The molecule has 13 N–H and O–H groups in total. The summed E-state index contributed by atoms with van der Waals surface area (Å²) in [6, 6.07) is 12.5. The van der Waals surface area contributed by atoms with Gasteiger partial charge in [0.15, 0.2) is 11.5 Å². The number of carbonyl (C=O) groups is 4. The summed E-state index contributed by atoms with van der Waals surface area (Å²) in [5.41, 5.74) is 0.806. The Labute approximate surface area is 742 Å². The van der Waals surface area contributed by atoms with Gasteiger partial charge >= 0.3 is 17.9 Å². The third-order valence-electron chi connectivity index (χ3n) is 22.2. The van der Waals surface area contributed by atoms with Crippen LogP contribution in [0.4, 0.5) is 0 Å². The first-order chi connectivity index (χ1) is 58.7. The van der Waals surface area contributed by atoms with E-state index in [-0.39, 0.29) is 58.6 Å². The molecule has 0 bridgehead atoms. The number of nitrogens with one attached hydrogen (secondary N) is 8. The number of rotatable bonds is 50. The average molecular weight is 1830 g/mol. The third-order valence-corrected chi connectivity index (χ3v) is 24.2. The molecule has 5 rings (SSSR count). The number of phosphoric acid groups is 3. The lowest BCUT2D eigenvalue weighted by molar-refractivity contribution is -0.894. The summed E-state index contributed by atoms with van der Waals surface area (Å²) in [6.07, 6.45) is -11.9. The first-order valence-corrected chi connectivity index (χ1v) is 50.2. The van der Waals surface area contributed by atoms with Crippen molar-refractivity contribution >= 4 is 58.3 Å². The molecule has 33 nitrogen and oxygen atoms in total. The molecule has 1 aliphatic heterocycles. The number of hydrogen-bond donors (Lipinski definition) is 13. The van der Waals surface area contributed by atoms with Crippen molar-refractivity contribution in [1.29, 1.82) is 0 Å². The highest BCUT2D eigenvalue weighted by Crippen LogP contribution is 2.47. The van der Waals surface area contributed by atoms with Gasteiger partial charge in [0.2, 0.25) is 0 Å². The van der Waals surface area contributed by atoms with Crippen molar-refractivity contribution in [3.05, 3.63) is 75.9 Å². The zero-order chi connectivity index (χ0) is 95.1. The summed E-state index contributed by atoms with van der Waals surface area (Å²) in [5.74, 6) is -3.43. The molecule has 0 spiro atoms. The first-order valence-electron chi connectivity index (χ1n) is 45.8. The number of carbonyl (C=O) groups excluding carboxylic acids is 3. The van der Waals surface area contributed by atoms with Crippen molar-refractivity contribution in [2.45, 2.75) is 272 Å². The van der Waals surface area contributed by atoms with E-state index in [1.807, 2.05) is 6.92 Å². The maximum Gasteiger partial charge on any atom is 0.336 e. The van der Waals surface area contributed by atoms with Crippen LogP contribution in [0.2, 0.25) is 0 Å². The van der Waals surface area contributed by atoms with E-state index in [9.17, 15) is 87.7 Å². The van der Waals surface area contributed by atoms with Crippen LogP contribution < -0.4 is 69.5 Å². The van der Waals surface area contributed by atoms with Crippen LogP contribution in [0.15, 0.2) is 63.8 Å². The number of carboxylic acids is 1. The lowest BCUT2D eigenvalue weighted by Crippen LogP contribution is -3.11. The highest BCUT2D eigenvalue weighted by atomic mass is 31.2. The topological polar surface area (TPSA) is 465 Å². The van der Waals surface area contributed by atoms with Crippen LogP contribution in [0.1, 0.15) is 250 Å². The zero-order valence-corrected chi connectivity index (χ0v) is 82.1. The van der Waals surface area contributed by atoms with Crippen molar-refractivity contribution in [2.24, 2.45) is 0 Å². The summed E-state index contributed by atoms with van der Waals surface area (Å²) >= 11 is 0. The standard InChI is InChI=1S/C46H60NO25P3.7C6H15N/c1-2-3-4-6-10-13-37(51)68-29(25-67-75(64,65)72-42-39(52)40(53)43(70-73(58,59)60)44(41(42)54)71-74(61,62)63)24-66-36(50)12-9-7-5-8-11-20-47-45(55)26-14-17-30(33(21-26)46(56)57)38-31-18-15-27(48)22-34(31)69-35-23-28(49)16-19-32(35)38;7*1-4-7(5-2)6-3/h14-19,21-23,29,39-44,48,52-54H,2-13,20,24-25H2,1H3,(H,47,55)(H,56,57)(H,64,65)(H2,58,59,60)(H2,61,62,63);7*4-6H2,1-3H3/p+2/t29-,39-,40+,41+,42-,43-,44-;;;;;;;/m1......./s1. The van der Waals surface area contributed by atoms with E-state index in [4.69, 9.17) is 18.4 Å². The Morgan fingerprint density at radius 1 is 0.444 bits per heavy atom. The number of quaternary nitrogens is 7. The molecule has 124 heavy (non-hydrogen) atoms. The van der Waals surface area contributed by atoms with Crippen molar-refractivity contribution < 1.29 is 149 Å². The molecule has 0 radical (unpaired) electrons. The number of hydrogen-bond acceptors (Lipinski definition) is 24. The van der Waals surface area contributed by atoms with Gasteiger partial charge in [-0.25, -0.2) is 4.79 Å². The minimum absolute atomic E-state index is 0.0678. The van der Waals surface area contributed by atoms with Crippen LogP contribution in [0.3, 0.4) is 0 Å². The average Bonchev–Trinajstić information content (AvgIpc) is 0.748. The molecular weight excluding hydrogens is 1660 g/mol. The zero-order valence-electron chi connectivity index (χ0n) is 79.4. The number of phenols is 1. The summed E-state index contributed by atoms with van der Waals surface area (Å²) in [5, 5.41) is 55.0. The molecule has 1 fully saturated rings. The van der Waals surface area contributed by atoms with Gasteiger partial charge in [0.25, 0.3) is 13.7 Å². The number of unbranched alkanes of at least 4 members (excludes halogenated alkanes) is 8. The van der Waals surface area contributed by atoms with Gasteiger partial charge in [0.1, 0.15) is 60.3 Å². The third kappa shape index (κ3) is 53.0. The van der Waals surface area contributed by atoms with Crippen LogP contribution in [0.5, 0.6) is 5.75 Å². The fourth-order valence-corrected chi connectivity index (χ4v) is 15.4. The Balaban J connectivity index is -0.00000239. The van der Waals surface area contributed by atoms with Crippen molar-refractivity contribution in [2.75, 3.05) is 157 Å². The molecular formula is C88H167N8O25P3+2. The SMILES string of the molecule is CCCCCCCC(=O)O[C@H](COC(=O)CCCCCCCNC(=O)c1ccc(-c2c3ccc(=O)cc-3oc3cc(O)ccc23)c(C(=O)O)c1)COP(=O)([O-])O[C@@H]1[C@H](O)[C@H](O)[C@@H](OP(=O)([O-])[O-])[C@H](OP(=O)([O-])[O-])[C@H]1O.CC[NH+](CC)CC.CC[NH+](CC)CC.CC[NH+](CC)CC.CC[NH+](CC)CC.CC[NH+](CC)CC.CC[NH+](CC)CC.CC[NH+](CC)CC. The predicted molar refractivity (Wildman–Crippen MR) is 477 cm³/mol. The van der Waals surface area contributed by atoms with Crippen LogP contribution in [0.25, 0.3) is 33.4 Å². The van der Waals surface area contributed by atoms with E-state index in [1.165, 1.54) is 186 Å². The molecule has 1 heterocycles. The Morgan fingerprint density at radius 2 is 0.823 bits per heavy atom. The van der Waals surface area contributed by atoms with E-state index in [1.54, 1.807) is 40.4 Å². The van der Waals surface area contributed by atoms with Gasteiger partial charge in [-0.2, -0.15) is 0 Å². The fraction of sp³-hybridized carbons (Fsp3) is 0.739. The number of phenolic OH excluding ortho intramolecular Hbond substituents is 1. The van der Waals surface area contributed by atoms with Gasteiger partial charge < -0.3 is 131 Å². The summed E-state index contributed by atoms with van der Waals surface area (Å²) in [7, 11) is -18.2. The molecule has 0 aromatic heterocycles. The van der Waals surface area contributed by atoms with E-state index in [0.29, 0.717) is 61.5 Å². The van der Waals surface area contributed by atoms with E-state index >= 15 is 0 Å². The smallest absolute Gasteiger partial charge is 0.336 e. The second kappa shape index (κ2) is 71.6. The predicted octanol–water partition coefficient (Wildman–Crippen LogP) is 0.766. The number of ether oxygens (including phenoxy) is 2. The lowest BCUT2D eigenvalue weighted by Gasteiger charge is -2.50. The quantitative estimate of drug-likeness (QED) is 0.0126. The number of aliphatic hydroxyl groups excluding tert-OH is 3. The Morgan fingerprint density at radius 3 is 1.22 bits per heavy atom. The maximum atomic E-state index is 13.1. The highest BCUT2D eigenvalue weighted by molar-refractivity contribution is 7.46. The number of aromatic hydroxyl groups is 1. The number of aromatic carboxylic acids is 1. The second-order valence-corrected chi connectivity index (χ2v) is 33.7. The first kappa shape index (κ1) is 123. The molecule has 8 atom stereocenters. The molecule has 2 aromatic carbocycles. The number of amides is 1. The van der Waals surface area contributed by atoms with E-state index in [0.717, 1.165) is 19.3 Å².